The summed E-state index contributed by atoms with van der Waals surface area (Å²) < 4.78 is 19.0. The van der Waals surface area contributed by atoms with Crippen LogP contribution in [0.5, 0.6) is 0 Å². The number of likely N-dealkylation sites (tertiary alicyclic amines) is 1. The van der Waals surface area contributed by atoms with E-state index in [0.29, 0.717) is 23.4 Å². The maximum absolute atomic E-state index is 13.3. The fourth-order valence-electron chi connectivity index (χ4n) is 4.06. The molecule has 3 rings (SSSR count). The monoisotopic (exact) mass is 367 g/mol. The molecule has 0 unspecified atom stereocenters. The minimum atomic E-state index is -0.473. The predicted molar refractivity (Wildman–Crippen MR) is 93.3 cm³/mol. The molecule has 1 aromatic rings. The number of amides is 1. The Balaban J connectivity index is 0.000000758. The maximum atomic E-state index is 13.3. The van der Waals surface area contributed by atoms with E-state index in [9.17, 15) is 9.18 Å². The van der Waals surface area contributed by atoms with Crippen LogP contribution in [-0.2, 0) is 9.53 Å². The van der Waals surface area contributed by atoms with E-state index in [2.05, 4.69) is 24.0 Å². The number of rotatable bonds is 3. The summed E-state index contributed by atoms with van der Waals surface area (Å²) in [5, 5.41) is 6.89. The summed E-state index contributed by atoms with van der Waals surface area (Å²) in [4.78, 5) is 28.8. The van der Waals surface area contributed by atoms with Crippen molar-refractivity contribution in [3.63, 3.8) is 0 Å². The van der Waals surface area contributed by atoms with E-state index in [1.807, 2.05) is 4.90 Å². The van der Waals surface area contributed by atoms with Crippen LogP contribution in [0.25, 0.3) is 0 Å². The Kier molecular flexibility index (Phi) is 7.05. The normalized spacial score (nSPS) is 27.5. The Bertz CT molecular complexity index is 628. The third kappa shape index (κ3) is 4.56. The highest BCUT2D eigenvalue weighted by molar-refractivity contribution is 5.94. The molecule has 1 aliphatic carbocycles. The Morgan fingerprint density at radius 1 is 1.35 bits per heavy atom. The number of aromatic nitrogens is 1. The third-order valence-corrected chi connectivity index (χ3v) is 5.29. The van der Waals surface area contributed by atoms with Crippen LogP contribution < -0.4 is 0 Å². The lowest BCUT2D eigenvalue weighted by Crippen LogP contribution is -2.47. The van der Waals surface area contributed by atoms with E-state index in [1.54, 1.807) is 7.11 Å². The highest BCUT2D eigenvalue weighted by atomic mass is 19.1. The van der Waals surface area contributed by atoms with Crippen LogP contribution in [0.15, 0.2) is 18.5 Å². The molecule has 0 spiro atoms. The first kappa shape index (κ1) is 20.3. The summed E-state index contributed by atoms with van der Waals surface area (Å²) in [5.74, 6) is 0.349. The molecule has 0 bridgehead atoms. The van der Waals surface area contributed by atoms with Gasteiger partial charge in [0.2, 0.25) is 0 Å². The first-order valence-corrected chi connectivity index (χ1v) is 8.58. The van der Waals surface area contributed by atoms with Gasteiger partial charge in [0, 0.05) is 32.4 Å². The zero-order chi connectivity index (χ0) is 19.3. The lowest BCUT2D eigenvalue weighted by Gasteiger charge is -2.40. The van der Waals surface area contributed by atoms with Gasteiger partial charge in [0.1, 0.15) is 5.82 Å². The van der Waals surface area contributed by atoms with Gasteiger partial charge in [0.25, 0.3) is 12.4 Å². The Labute approximate surface area is 152 Å². The van der Waals surface area contributed by atoms with Crippen molar-refractivity contribution < 1.29 is 23.8 Å². The number of halogens is 1. The van der Waals surface area contributed by atoms with Crippen molar-refractivity contribution in [1.29, 1.82) is 0 Å². The van der Waals surface area contributed by atoms with E-state index in [0.717, 1.165) is 32.1 Å². The number of carbonyl (C=O) groups is 2. The van der Waals surface area contributed by atoms with E-state index >= 15 is 0 Å². The SMILES string of the molecule is CO[C@@H]1C[C@H]2CN(C(=O)c3cncc(F)c3)C[C@H]2C[C@H]1N(C)C.O=CO. The fraction of sp³-hybridized carbons (Fsp3) is 0.611. The van der Waals surface area contributed by atoms with Crippen LogP contribution >= 0.6 is 0 Å². The number of fused-ring (bicyclic) bond motifs is 1. The first-order valence-electron chi connectivity index (χ1n) is 8.58. The largest absolute Gasteiger partial charge is 0.483 e. The number of methoxy groups -OCH3 is 1. The molecular formula is C18H26FN3O4. The van der Waals surface area contributed by atoms with Crippen molar-refractivity contribution in [2.75, 3.05) is 34.3 Å². The zero-order valence-corrected chi connectivity index (χ0v) is 15.3. The Hall–Kier alpha value is -2.06. The van der Waals surface area contributed by atoms with Gasteiger partial charge in [-0.1, -0.05) is 0 Å². The number of carbonyl (C=O) groups excluding carboxylic acids is 1. The van der Waals surface area contributed by atoms with Gasteiger partial charge in [0.15, 0.2) is 0 Å². The van der Waals surface area contributed by atoms with E-state index < -0.39 is 5.82 Å². The average Bonchev–Trinajstić information content (AvgIpc) is 3.03. The number of likely N-dealkylation sites (N-methyl/N-ethyl adjacent to an activating group) is 1. The summed E-state index contributed by atoms with van der Waals surface area (Å²) in [6, 6.07) is 1.64. The van der Waals surface area contributed by atoms with Gasteiger partial charge in [-0.15, -0.1) is 0 Å². The number of ether oxygens (including phenoxy) is 1. The van der Waals surface area contributed by atoms with E-state index in [4.69, 9.17) is 14.6 Å². The van der Waals surface area contributed by atoms with Gasteiger partial charge < -0.3 is 19.6 Å². The Morgan fingerprint density at radius 3 is 2.50 bits per heavy atom. The molecule has 7 nitrogen and oxygen atoms in total. The molecule has 1 saturated heterocycles. The number of hydrogen-bond acceptors (Lipinski definition) is 5. The van der Waals surface area contributed by atoms with Crippen molar-refractivity contribution in [1.82, 2.24) is 14.8 Å². The van der Waals surface area contributed by atoms with Crippen molar-refractivity contribution in [2.45, 2.75) is 25.0 Å². The molecule has 0 aromatic carbocycles. The van der Waals surface area contributed by atoms with Gasteiger partial charge in [0.05, 0.1) is 17.9 Å². The van der Waals surface area contributed by atoms with Crippen LogP contribution in [0, 0.1) is 17.7 Å². The van der Waals surface area contributed by atoms with Gasteiger partial charge in [-0.3, -0.25) is 14.6 Å². The van der Waals surface area contributed by atoms with Gasteiger partial charge in [-0.2, -0.15) is 0 Å². The van der Waals surface area contributed by atoms with Crippen molar-refractivity contribution in [2.24, 2.45) is 11.8 Å². The minimum Gasteiger partial charge on any atom is -0.483 e. The number of nitrogens with zero attached hydrogens (tertiary/aromatic N) is 3. The second kappa shape index (κ2) is 9.05. The molecule has 1 saturated carbocycles. The Morgan fingerprint density at radius 2 is 1.96 bits per heavy atom. The molecule has 2 aliphatic rings. The van der Waals surface area contributed by atoms with Crippen molar-refractivity contribution >= 4 is 12.4 Å². The molecular weight excluding hydrogens is 341 g/mol. The van der Waals surface area contributed by atoms with Crippen molar-refractivity contribution in [3.05, 3.63) is 29.8 Å². The average molecular weight is 367 g/mol. The summed E-state index contributed by atoms with van der Waals surface area (Å²) in [6.45, 7) is 1.21. The summed E-state index contributed by atoms with van der Waals surface area (Å²) in [7, 11) is 5.92. The van der Waals surface area contributed by atoms with Crippen LogP contribution in [0.3, 0.4) is 0 Å². The highest BCUT2D eigenvalue weighted by Crippen LogP contribution is 2.39. The second-order valence-corrected chi connectivity index (χ2v) is 7.00. The molecule has 2 heterocycles. The summed E-state index contributed by atoms with van der Waals surface area (Å²) in [5.41, 5.74) is 0.330. The number of pyridine rings is 1. The van der Waals surface area contributed by atoms with Gasteiger partial charge in [-0.25, -0.2) is 4.39 Å². The number of carboxylic acid groups (broad SMARTS) is 1. The molecule has 1 amide bonds. The molecule has 1 N–H and O–H groups in total. The smallest absolute Gasteiger partial charge is 0.290 e. The molecule has 144 valence electrons. The van der Waals surface area contributed by atoms with Crippen LogP contribution in [-0.4, -0.2) is 78.7 Å². The first-order chi connectivity index (χ1) is 12.4. The molecule has 26 heavy (non-hydrogen) atoms. The standard InChI is InChI=1S/C17H24FN3O2.CH2O2/c1-20(2)15-5-12-9-21(10-13(12)6-16(15)23-3)17(22)11-4-14(18)8-19-7-11;2-1-3/h4,7-8,12-13,15-16H,5-6,9-10H2,1-3H3;1H,(H,2,3)/t12-,13+,15-,16-;/m1./s1. The second-order valence-electron chi connectivity index (χ2n) is 7.00. The van der Waals surface area contributed by atoms with Gasteiger partial charge in [-0.05, 0) is 44.8 Å². The lowest BCUT2D eigenvalue weighted by molar-refractivity contribution is -0.122. The summed E-state index contributed by atoms with van der Waals surface area (Å²) >= 11 is 0. The van der Waals surface area contributed by atoms with Crippen molar-refractivity contribution in [3.8, 4) is 0 Å². The number of hydrogen-bond donors (Lipinski definition) is 1. The predicted octanol–water partition coefficient (Wildman–Crippen LogP) is 1.35. The van der Waals surface area contributed by atoms with E-state index in [1.165, 1.54) is 12.3 Å². The summed E-state index contributed by atoms with van der Waals surface area (Å²) in [6.07, 6.45) is 4.76. The fourth-order valence-corrected chi connectivity index (χ4v) is 4.06. The van der Waals surface area contributed by atoms with Crippen LogP contribution in [0.2, 0.25) is 0 Å². The minimum absolute atomic E-state index is 0.123. The van der Waals surface area contributed by atoms with Crippen LogP contribution in [0.1, 0.15) is 23.2 Å². The topological polar surface area (TPSA) is 83.0 Å². The lowest BCUT2D eigenvalue weighted by atomic mass is 9.77. The molecule has 0 radical (unpaired) electrons. The quantitative estimate of drug-likeness (QED) is 0.812. The van der Waals surface area contributed by atoms with Gasteiger partial charge >= 0.3 is 0 Å². The highest BCUT2D eigenvalue weighted by Gasteiger charge is 2.44. The molecule has 4 atom stereocenters. The molecule has 1 aliphatic heterocycles. The molecule has 2 fully saturated rings. The van der Waals surface area contributed by atoms with E-state index in [-0.39, 0.29) is 18.5 Å². The van der Waals surface area contributed by atoms with Crippen LogP contribution in [0.4, 0.5) is 4.39 Å². The maximum Gasteiger partial charge on any atom is 0.290 e. The third-order valence-electron chi connectivity index (χ3n) is 5.29. The molecule has 8 heteroatoms. The molecule has 1 aromatic heterocycles. The zero-order valence-electron chi connectivity index (χ0n) is 15.3.